The molecule has 112 valence electrons. The van der Waals surface area contributed by atoms with Crippen molar-refractivity contribution in [3.05, 3.63) is 35.9 Å². The first-order valence-corrected chi connectivity index (χ1v) is 8.46. The molecular formula is C14H23N3O2S. The van der Waals surface area contributed by atoms with E-state index in [1.54, 1.807) is 11.4 Å². The van der Waals surface area contributed by atoms with Crippen LogP contribution in [0.3, 0.4) is 0 Å². The average Bonchev–Trinajstić information content (AvgIpc) is 2.49. The lowest BCUT2D eigenvalue weighted by Crippen LogP contribution is -2.51. The van der Waals surface area contributed by atoms with E-state index in [2.05, 4.69) is 17.4 Å². The van der Waals surface area contributed by atoms with Crippen LogP contribution >= 0.6 is 0 Å². The van der Waals surface area contributed by atoms with Crippen molar-refractivity contribution in [3.8, 4) is 0 Å². The molecule has 0 spiro atoms. The fourth-order valence-electron chi connectivity index (χ4n) is 2.34. The molecule has 0 radical (unpaired) electrons. The molecule has 0 bridgehead atoms. The zero-order chi connectivity index (χ0) is 14.4. The third kappa shape index (κ3) is 4.02. The van der Waals surface area contributed by atoms with Crippen LogP contribution in [0.2, 0.25) is 0 Å². The molecule has 0 amide bonds. The van der Waals surface area contributed by atoms with Crippen molar-refractivity contribution < 1.29 is 8.42 Å². The van der Waals surface area contributed by atoms with Crippen LogP contribution in [0, 0.1) is 0 Å². The van der Waals surface area contributed by atoms with Gasteiger partial charge in [0.25, 0.3) is 10.2 Å². The highest BCUT2D eigenvalue weighted by atomic mass is 32.2. The summed E-state index contributed by atoms with van der Waals surface area (Å²) < 4.78 is 27.7. The first-order chi connectivity index (χ1) is 9.60. The maximum atomic E-state index is 12.4. The summed E-state index contributed by atoms with van der Waals surface area (Å²) in [5.74, 6) is 0. The van der Waals surface area contributed by atoms with E-state index in [1.807, 2.05) is 18.2 Å². The van der Waals surface area contributed by atoms with Gasteiger partial charge >= 0.3 is 0 Å². The lowest BCUT2D eigenvalue weighted by atomic mass is 10.1. The molecular weight excluding hydrogens is 274 g/mol. The number of nitrogens with one attached hydrogen (secondary N) is 1. The van der Waals surface area contributed by atoms with Crippen molar-refractivity contribution in [1.29, 1.82) is 0 Å². The number of nitrogens with zero attached hydrogens (tertiary/aromatic N) is 2. The molecule has 1 saturated heterocycles. The van der Waals surface area contributed by atoms with Gasteiger partial charge in [-0.25, -0.2) is 0 Å². The Morgan fingerprint density at radius 3 is 2.50 bits per heavy atom. The Morgan fingerprint density at radius 1 is 1.20 bits per heavy atom. The van der Waals surface area contributed by atoms with Crippen LogP contribution in [0.25, 0.3) is 0 Å². The maximum Gasteiger partial charge on any atom is 0.281 e. The molecule has 0 saturated carbocycles. The highest BCUT2D eigenvalue weighted by Crippen LogP contribution is 2.09. The number of aryl methyl sites for hydroxylation is 1. The second kappa shape index (κ2) is 7.17. The lowest BCUT2D eigenvalue weighted by molar-refractivity contribution is 0.325. The van der Waals surface area contributed by atoms with E-state index in [-0.39, 0.29) is 0 Å². The van der Waals surface area contributed by atoms with Gasteiger partial charge in [-0.3, -0.25) is 0 Å². The molecule has 0 aromatic heterocycles. The van der Waals surface area contributed by atoms with Crippen LogP contribution in [-0.2, 0) is 16.6 Å². The first kappa shape index (κ1) is 15.4. The van der Waals surface area contributed by atoms with Gasteiger partial charge in [-0.15, -0.1) is 0 Å². The van der Waals surface area contributed by atoms with Gasteiger partial charge in [-0.1, -0.05) is 30.3 Å². The topological polar surface area (TPSA) is 52.7 Å². The van der Waals surface area contributed by atoms with Gasteiger partial charge in [0.1, 0.15) is 0 Å². The van der Waals surface area contributed by atoms with Crippen LogP contribution in [0.4, 0.5) is 0 Å². The molecule has 0 unspecified atom stereocenters. The summed E-state index contributed by atoms with van der Waals surface area (Å²) in [6.45, 7) is 3.14. The zero-order valence-electron chi connectivity index (χ0n) is 12.0. The molecule has 0 atom stereocenters. The molecule has 0 aliphatic carbocycles. The Balaban J connectivity index is 1.83. The van der Waals surface area contributed by atoms with E-state index in [1.165, 1.54) is 9.87 Å². The predicted octanol–water partition coefficient (Wildman–Crippen LogP) is 0.701. The Labute approximate surface area is 121 Å². The van der Waals surface area contributed by atoms with Crippen molar-refractivity contribution in [1.82, 2.24) is 13.9 Å². The Kier molecular flexibility index (Phi) is 5.54. The van der Waals surface area contributed by atoms with Gasteiger partial charge in [-0.2, -0.15) is 17.0 Å². The third-order valence-electron chi connectivity index (χ3n) is 3.58. The summed E-state index contributed by atoms with van der Waals surface area (Å²) in [5.41, 5.74) is 1.25. The van der Waals surface area contributed by atoms with Crippen molar-refractivity contribution >= 4 is 10.2 Å². The second-order valence-corrected chi connectivity index (χ2v) is 7.10. The third-order valence-corrected chi connectivity index (χ3v) is 5.57. The van der Waals surface area contributed by atoms with Crippen LogP contribution in [0.1, 0.15) is 12.0 Å². The normalized spacial score (nSPS) is 17.5. The first-order valence-electron chi connectivity index (χ1n) is 7.07. The van der Waals surface area contributed by atoms with Gasteiger partial charge in [0.2, 0.25) is 0 Å². The highest BCUT2D eigenvalue weighted by Gasteiger charge is 2.27. The van der Waals surface area contributed by atoms with Crippen LogP contribution in [0.15, 0.2) is 30.3 Å². The van der Waals surface area contributed by atoms with Crippen molar-refractivity contribution in [3.63, 3.8) is 0 Å². The number of piperazine rings is 1. The summed E-state index contributed by atoms with van der Waals surface area (Å²) >= 11 is 0. The van der Waals surface area contributed by atoms with Crippen molar-refractivity contribution in [2.75, 3.05) is 39.8 Å². The van der Waals surface area contributed by atoms with E-state index in [4.69, 9.17) is 0 Å². The predicted molar refractivity (Wildman–Crippen MR) is 80.8 cm³/mol. The molecule has 20 heavy (non-hydrogen) atoms. The van der Waals surface area contributed by atoms with Gasteiger partial charge in [0.15, 0.2) is 0 Å². The molecule has 1 fully saturated rings. The Hall–Kier alpha value is -0.950. The zero-order valence-corrected chi connectivity index (χ0v) is 12.8. The maximum absolute atomic E-state index is 12.4. The SMILES string of the molecule is CN(CCCc1ccccc1)S(=O)(=O)N1CCNCC1. The minimum atomic E-state index is -3.29. The van der Waals surface area contributed by atoms with E-state index in [9.17, 15) is 8.42 Å². The molecule has 1 aromatic carbocycles. The summed E-state index contributed by atoms with van der Waals surface area (Å²) in [6, 6.07) is 10.2. The minimum absolute atomic E-state index is 0.557. The summed E-state index contributed by atoms with van der Waals surface area (Å²) in [4.78, 5) is 0. The van der Waals surface area contributed by atoms with E-state index in [0.717, 1.165) is 25.9 Å². The van der Waals surface area contributed by atoms with E-state index in [0.29, 0.717) is 19.6 Å². The second-order valence-electron chi connectivity index (χ2n) is 5.07. The van der Waals surface area contributed by atoms with Crippen LogP contribution < -0.4 is 5.32 Å². The highest BCUT2D eigenvalue weighted by molar-refractivity contribution is 7.86. The standard InChI is InChI=1S/C14H23N3O2S/c1-16(11-5-8-14-6-3-2-4-7-14)20(18,19)17-12-9-15-10-13-17/h2-4,6-7,15H,5,8-13H2,1H3. The fraction of sp³-hybridized carbons (Fsp3) is 0.571. The average molecular weight is 297 g/mol. The van der Waals surface area contributed by atoms with Crippen LogP contribution in [0.5, 0.6) is 0 Å². The number of rotatable bonds is 6. The van der Waals surface area contributed by atoms with Crippen molar-refractivity contribution in [2.45, 2.75) is 12.8 Å². The largest absolute Gasteiger partial charge is 0.314 e. The summed E-state index contributed by atoms with van der Waals surface area (Å²) in [7, 11) is -1.62. The van der Waals surface area contributed by atoms with E-state index >= 15 is 0 Å². The van der Waals surface area contributed by atoms with Crippen molar-refractivity contribution in [2.24, 2.45) is 0 Å². The molecule has 1 N–H and O–H groups in total. The number of hydrogen-bond acceptors (Lipinski definition) is 3. The van der Waals surface area contributed by atoms with Gasteiger partial charge in [-0.05, 0) is 18.4 Å². The molecule has 1 heterocycles. The molecule has 1 aliphatic rings. The number of benzene rings is 1. The quantitative estimate of drug-likeness (QED) is 0.841. The molecule has 1 aromatic rings. The fourth-order valence-corrected chi connectivity index (χ4v) is 3.74. The van der Waals surface area contributed by atoms with E-state index < -0.39 is 10.2 Å². The Bertz CT molecular complexity index is 498. The minimum Gasteiger partial charge on any atom is -0.314 e. The summed E-state index contributed by atoms with van der Waals surface area (Å²) in [6.07, 6.45) is 1.74. The molecule has 5 nitrogen and oxygen atoms in total. The number of hydrogen-bond donors (Lipinski definition) is 1. The van der Waals surface area contributed by atoms with Crippen LogP contribution in [-0.4, -0.2) is 56.8 Å². The lowest BCUT2D eigenvalue weighted by Gasteiger charge is -2.30. The molecule has 6 heteroatoms. The summed E-state index contributed by atoms with van der Waals surface area (Å²) in [5, 5.41) is 3.17. The monoisotopic (exact) mass is 297 g/mol. The van der Waals surface area contributed by atoms with Gasteiger partial charge in [0.05, 0.1) is 0 Å². The smallest absolute Gasteiger partial charge is 0.281 e. The van der Waals surface area contributed by atoms with Gasteiger partial charge < -0.3 is 5.32 Å². The molecule has 1 aliphatic heterocycles. The van der Waals surface area contributed by atoms with Gasteiger partial charge in [0, 0.05) is 39.8 Å². The molecule has 2 rings (SSSR count). The Morgan fingerprint density at radius 2 is 1.85 bits per heavy atom.